The highest BCUT2D eigenvalue weighted by Crippen LogP contribution is 2.24. The maximum Gasteiger partial charge on any atom is 0.0659 e. The molecule has 0 amide bonds. The van der Waals surface area contributed by atoms with Gasteiger partial charge in [0.15, 0.2) is 0 Å². The third-order valence-electron chi connectivity index (χ3n) is 1.43. The number of hydrogen-bond donors (Lipinski definition) is 1. The fraction of sp³-hybridized carbons (Fsp3) is 0.125. The maximum atomic E-state index is 5.88. The van der Waals surface area contributed by atoms with E-state index >= 15 is 0 Å². The molecule has 0 fully saturated rings. The minimum Gasteiger partial charge on any atom is -0.351 e. The first-order valence-corrected chi connectivity index (χ1v) is 4.06. The molecule has 0 atom stereocenters. The van der Waals surface area contributed by atoms with E-state index < -0.39 is 0 Å². The minimum absolute atomic E-state index is 0.700. The molecule has 1 rings (SSSR count). The van der Waals surface area contributed by atoms with Crippen LogP contribution in [0.5, 0.6) is 0 Å². The van der Waals surface area contributed by atoms with Crippen LogP contribution >= 0.6 is 23.8 Å². The van der Waals surface area contributed by atoms with Crippen molar-refractivity contribution in [2.24, 2.45) is 0 Å². The van der Waals surface area contributed by atoms with E-state index in [1.807, 2.05) is 25.1 Å². The highest BCUT2D eigenvalue weighted by Gasteiger charge is 1.99. The molecule has 1 nitrogen and oxygen atoms in total. The second-order valence-corrected chi connectivity index (χ2v) is 2.84. The summed E-state index contributed by atoms with van der Waals surface area (Å²) in [4.78, 5) is 0. The van der Waals surface area contributed by atoms with Crippen LogP contribution in [0.4, 0.5) is 5.69 Å². The quantitative estimate of drug-likeness (QED) is 0.711. The molecular weight excluding hydrogens is 178 g/mol. The molecule has 0 unspecified atom stereocenters. The third-order valence-corrected chi connectivity index (χ3v) is 1.86. The zero-order valence-electron chi connectivity index (χ0n) is 6.10. The van der Waals surface area contributed by atoms with Gasteiger partial charge in [-0.25, -0.2) is 0 Å². The number of aryl methyl sites for hydroxylation is 1. The number of benzene rings is 1. The van der Waals surface area contributed by atoms with Crippen LogP contribution in [-0.2, 0) is 0 Å². The van der Waals surface area contributed by atoms with Crippen LogP contribution in [0.25, 0.3) is 0 Å². The van der Waals surface area contributed by atoms with Gasteiger partial charge in [0.2, 0.25) is 0 Å². The average Bonchev–Trinajstić information content (AvgIpc) is 1.97. The minimum atomic E-state index is 0.700. The van der Waals surface area contributed by atoms with Gasteiger partial charge < -0.3 is 5.32 Å². The van der Waals surface area contributed by atoms with Crippen LogP contribution in [0, 0.1) is 6.92 Å². The summed E-state index contributed by atoms with van der Waals surface area (Å²) < 4.78 is 0. The second kappa shape index (κ2) is 3.69. The topological polar surface area (TPSA) is 12.0 Å². The lowest BCUT2D eigenvalue weighted by atomic mass is 10.2. The van der Waals surface area contributed by atoms with Gasteiger partial charge in [0, 0.05) is 0 Å². The zero-order valence-corrected chi connectivity index (χ0v) is 7.67. The zero-order chi connectivity index (χ0) is 8.27. The van der Waals surface area contributed by atoms with E-state index in [-0.39, 0.29) is 0 Å². The summed E-state index contributed by atoms with van der Waals surface area (Å²) in [5, 5.41) is 3.60. The lowest BCUT2D eigenvalue weighted by Gasteiger charge is -2.05. The van der Waals surface area contributed by atoms with Crippen molar-refractivity contribution >= 4 is 35.0 Å². The van der Waals surface area contributed by atoms with Gasteiger partial charge in [0.05, 0.1) is 16.2 Å². The van der Waals surface area contributed by atoms with Crippen molar-refractivity contribution in [3.63, 3.8) is 0 Å². The van der Waals surface area contributed by atoms with Crippen LogP contribution < -0.4 is 5.32 Å². The van der Waals surface area contributed by atoms with Gasteiger partial charge >= 0.3 is 0 Å². The molecule has 1 N–H and O–H groups in total. The fourth-order valence-corrected chi connectivity index (χ4v) is 1.27. The Morgan fingerprint density at radius 2 is 2.27 bits per heavy atom. The predicted octanol–water partition coefficient (Wildman–Crippen LogP) is 3.02. The van der Waals surface area contributed by atoms with Crippen LogP contribution in [-0.4, -0.2) is 5.49 Å². The predicted molar refractivity (Wildman–Crippen MR) is 53.5 cm³/mol. The Hall–Kier alpha value is -0.600. The van der Waals surface area contributed by atoms with Gasteiger partial charge in [0.1, 0.15) is 0 Å². The van der Waals surface area contributed by atoms with Crippen molar-refractivity contribution < 1.29 is 0 Å². The van der Waals surface area contributed by atoms with Gasteiger partial charge in [-0.3, -0.25) is 0 Å². The lowest BCUT2D eigenvalue weighted by molar-refractivity contribution is 1.46. The smallest absolute Gasteiger partial charge is 0.0659 e. The fourth-order valence-electron chi connectivity index (χ4n) is 0.874. The number of thiocarbonyl (C=S) groups is 1. The number of halogens is 1. The van der Waals surface area contributed by atoms with E-state index in [0.29, 0.717) is 5.02 Å². The van der Waals surface area contributed by atoms with E-state index in [1.54, 1.807) is 0 Å². The van der Waals surface area contributed by atoms with Crippen molar-refractivity contribution in [2.75, 3.05) is 5.32 Å². The van der Waals surface area contributed by atoms with Gasteiger partial charge in [-0.1, -0.05) is 36.0 Å². The van der Waals surface area contributed by atoms with E-state index in [4.69, 9.17) is 11.6 Å². The number of hydrogen-bond acceptors (Lipinski definition) is 1. The van der Waals surface area contributed by atoms with Crippen LogP contribution in [0.3, 0.4) is 0 Å². The molecule has 0 radical (unpaired) electrons. The maximum absolute atomic E-state index is 5.88. The van der Waals surface area contributed by atoms with Gasteiger partial charge in [-0.2, -0.15) is 0 Å². The molecule has 11 heavy (non-hydrogen) atoms. The Labute approximate surface area is 76.4 Å². The third kappa shape index (κ3) is 1.91. The first kappa shape index (κ1) is 8.50. The summed E-state index contributed by atoms with van der Waals surface area (Å²) >= 11 is 10.5. The first-order chi connectivity index (χ1) is 5.25. The highest BCUT2D eigenvalue weighted by atomic mass is 35.5. The summed E-state index contributed by atoms with van der Waals surface area (Å²) in [5.74, 6) is 0. The van der Waals surface area contributed by atoms with E-state index in [1.165, 1.54) is 5.49 Å². The van der Waals surface area contributed by atoms with Crippen molar-refractivity contribution in [3.8, 4) is 0 Å². The number of anilines is 1. The van der Waals surface area contributed by atoms with Crippen molar-refractivity contribution in [3.05, 3.63) is 28.8 Å². The summed E-state index contributed by atoms with van der Waals surface area (Å²) in [7, 11) is 0. The molecule has 0 heterocycles. The van der Waals surface area contributed by atoms with Gasteiger partial charge in [0.25, 0.3) is 0 Å². The average molecular weight is 186 g/mol. The molecule has 0 spiro atoms. The van der Waals surface area contributed by atoms with Gasteiger partial charge in [-0.15, -0.1) is 0 Å². The number of nitrogens with one attached hydrogen (secondary N) is 1. The molecule has 0 saturated carbocycles. The Balaban J connectivity index is 3.09. The molecule has 0 bridgehead atoms. The molecule has 58 valence electrons. The van der Waals surface area contributed by atoms with Crippen LogP contribution in [0.15, 0.2) is 18.2 Å². The van der Waals surface area contributed by atoms with E-state index in [9.17, 15) is 0 Å². The van der Waals surface area contributed by atoms with Gasteiger partial charge in [-0.05, 0) is 18.6 Å². The monoisotopic (exact) mass is 185 g/mol. The largest absolute Gasteiger partial charge is 0.351 e. The lowest BCUT2D eigenvalue weighted by Crippen LogP contribution is -1.95. The Morgan fingerprint density at radius 1 is 1.55 bits per heavy atom. The first-order valence-electron chi connectivity index (χ1n) is 3.21. The molecule has 3 heteroatoms. The number of para-hydroxylation sites is 1. The molecular formula is C8H8ClNS. The summed E-state index contributed by atoms with van der Waals surface area (Å²) in [6.07, 6.45) is 0. The Bertz CT molecular complexity index is 253. The van der Waals surface area contributed by atoms with E-state index in [2.05, 4.69) is 17.5 Å². The van der Waals surface area contributed by atoms with Crippen molar-refractivity contribution in [1.82, 2.24) is 0 Å². The summed E-state index contributed by atoms with van der Waals surface area (Å²) in [5.41, 5.74) is 3.44. The number of rotatable bonds is 2. The SMILES string of the molecule is Cc1cccc(Cl)c1NC=S. The van der Waals surface area contributed by atoms with Crippen LogP contribution in [0.2, 0.25) is 5.02 Å². The van der Waals surface area contributed by atoms with Crippen molar-refractivity contribution in [1.29, 1.82) is 0 Å². The molecule has 0 aliphatic carbocycles. The summed E-state index contributed by atoms with van der Waals surface area (Å²) in [6, 6.07) is 5.72. The molecule has 1 aromatic carbocycles. The molecule has 0 aliphatic heterocycles. The normalized spacial score (nSPS) is 9.27. The molecule has 0 aromatic heterocycles. The highest BCUT2D eigenvalue weighted by molar-refractivity contribution is 7.79. The van der Waals surface area contributed by atoms with Crippen LogP contribution in [0.1, 0.15) is 5.56 Å². The Kier molecular flexibility index (Phi) is 2.85. The van der Waals surface area contributed by atoms with E-state index in [0.717, 1.165) is 11.3 Å². The van der Waals surface area contributed by atoms with Crippen molar-refractivity contribution in [2.45, 2.75) is 6.92 Å². The Morgan fingerprint density at radius 3 is 2.82 bits per heavy atom. The summed E-state index contributed by atoms with van der Waals surface area (Å²) in [6.45, 7) is 1.98. The molecule has 1 aromatic rings. The standard InChI is InChI=1S/C8H8ClNS/c1-6-3-2-4-7(9)8(6)10-5-11/h2-5H,1H3,(H,10,11). The second-order valence-electron chi connectivity index (χ2n) is 2.19. The molecule has 0 saturated heterocycles. The molecule has 0 aliphatic rings.